The van der Waals surface area contributed by atoms with Crippen LogP contribution in [0, 0.1) is 0 Å². The predicted molar refractivity (Wildman–Crippen MR) is 79.9 cm³/mol. The number of anilines is 1. The summed E-state index contributed by atoms with van der Waals surface area (Å²) in [6, 6.07) is 3.59. The zero-order valence-electron chi connectivity index (χ0n) is 11.3. The number of hydrogen-bond donors (Lipinski definition) is 2. The molecule has 3 rings (SSSR count). The van der Waals surface area contributed by atoms with E-state index >= 15 is 0 Å². The molecule has 6 heteroatoms. The van der Waals surface area contributed by atoms with Crippen LogP contribution in [0.2, 0.25) is 0 Å². The second-order valence-electron chi connectivity index (χ2n) is 4.95. The smallest absolute Gasteiger partial charge is 0.339 e. The van der Waals surface area contributed by atoms with E-state index in [4.69, 9.17) is 0 Å². The van der Waals surface area contributed by atoms with E-state index < -0.39 is 5.97 Å². The zero-order chi connectivity index (χ0) is 14.8. The molecule has 1 aliphatic carbocycles. The molecule has 2 aromatic heterocycles. The molecule has 1 aliphatic rings. The van der Waals surface area contributed by atoms with Crippen molar-refractivity contribution in [2.24, 2.45) is 0 Å². The molecule has 0 atom stereocenters. The Bertz CT molecular complexity index is 694. The molecule has 5 nitrogen and oxygen atoms in total. The van der Waals surface area contributed by atoms with Gasteiger partial charge in [-0.05, 0) is 36.5 Å². The molecule has 0 unspecified atom stereocenters. The highest BCUT2D eigenvalue weighted by Crippen LogP contribution is 2.39. The van der Waals surface area contributed by atoms with Gasteiger partial charge in [-0.2, -0.15) is 0 Å². The van der Waals surface area contributed by atoms with Crippen LogP contribution in [-0.2, 0) is 24.1 Å². The number of amides is 1. The van der Waals surface area contributed by atoms with Gasteiger partial charge in [0.15, 0.2) is 0 Å². The van der Waals surface area contributed by atoms with E-state index in [1.807, 2.05) is 6.07 Å². The number of nitrogens with one attached hydrogen (secondary N) is 1. The van der Waals surface area contributed by atoms with Crippen LogP contribution in [0.15, 0.2) is 24.5 Å². The molecule has 2 heterocycles. The van der Waals surface area contributed by atoms with Crippen LogP contribution in [0.3, 0.4) is 0 Å². The molecule has 2 aromatic rings. The number of thiophene rings is 1. The number of fused-ring (bicyclic) bond motifs is 1. The average molecular weight is 302 g/mol. The molecular formula is C15H14N2O3S. The summed E-state index contributed by atoms with van der Waals surface area (Å²) in [5, 5.41) is 12.6. The Balaban J connectivity index is 1.79. The summed E-state index contributed by atoms with van der Waals surface area (Å²) in [5.41, 5.74) is 1.96. The van der Waals surface area contributed by atoms with Gasteiger partial charge in [0, 0.05) is 17.3 Å². The maximum Gasteiger partial charge on any atom is 0.339 e. The second-order valence-corrected chi connectivity index (χ2v) is 6.06. The van der Waals surface area contributed by atoms with Gasteiger partial charge in [0.05, 0.1) is 12.0 Å². The largest absolute Gasteiger partial charge is 0.478 e. The monoisotopic (exact) mass is 302 g/mol. The molecule has 2 N–H and O–H groups in total. The van der Waals surface area contributed by atoms with E-state index in [0.29, 0.717) is 5.00 Å². The molecule has 21 heavy (non-hydrogen) atoms. The Labute approximate surface area is 125 Å². The highest BCUT2D eigenvalue weighted by atomic mass is 32.1. The second kappa shape index (κ2) is 5.65. The third kappa shape index (κ3) is 2.80. The lowest BCUT2D eigenvalue weighted by Crippen LogP contribution is -2.16. The van der Waals surface area contributed by atoms with E-state index in [1.54, 1.807) is 18.5 Å². The van der Waals surface area contributed by atoms with E-state index in [1.165, 1.54) is 11.3 Å². The minimum Gasteiger partial charge on any atom is -0.478 e. The highest BCUT2D eigenvalue weighted by Gasteiger charge is 2.27. The minimum atomic E-state index is -0.967. The first-order chi connectivity index (χ1) is 10.1. The predicted octanol–water partition coefficient (Wildman–Crippen LogP) is 2.51. The van der Waals surface area contributed by atoms with Crippen molar-refractivity contribution in [3.63, 3.8) is 0 Å². The van der Waals surface area contributed by atoms with Crippen molar-refractivity contribution in [1.29, 1.82) is 0 Å². The van der Waals surface area contributed by atoms with Crippen LogP contribution in [0.1, 0.15) is 32.8 Å². The van der Waals surface area contributed by atoms with E-state index in [-0.39, 0.29) is 17.9 Å². The quantitative estimate of drug-likeness (QED) is 0.909. The molecule has 0 saturated carbocycles. The van der Waals surface area contributed by atoms with E-state index in [9.17, 15) is 14.7 Å². The molecule has 0 aliphatic heterocycles. The Morgan fingerprint density at radius 3 is 2.95 bits per heavy atom. The van der Waals surface area contributed by atoms with Crippen molar-refractivity contribution >= 4 is 28.2 Å². The maximum absolute atomic E-state index is 12.1. The molecule has 0 spiro atoms. The van der Waals surface area contributed by atoms with Crippen LogP contribution >= 0.6 is 11.3 Å². The lowest BCUT2D eigenvalue weighted by Gasteiger charge is -2.05. The zero-order valence-corrected chi connectivity index (χ0v) is 12.1. The standard InChI is InChI=1S/C15H14N2O3S/c18-12(7-9-3-2-6-16-8-9)17-14-13(15(19)20)10-4-1-5-11(10)21-14/h2-3,6,8H,1,4-5,7H2,(H,17,18)(H,19,20). The summed E-state index contributed by atoms with van der Waals surface area (Å²) in [4.78, 5) is 28.5. The summed E-state index contributed by atoms with van der Waals surface area (Å²) in [6.07, 6.45) is 6.14. The highest BCUT2D eigenvalue weighted by molar-refractivity contribution is 7.17. The number of aromatic carboxylic acids is 1. The van der Waals surface area contributed by atoms with Crippen LogP contribution in [-0.4, -0.2) is 22.0 Å². The molecule has 0 radical (unpaired) electrons. The summed E-state index contributed by atoms with van der Waals surface area (Å²) in [7, 11) is 0. The first kappa shape index (κ1) is 13.8. The van der Waals surface area contributed by atoms with Crippen molar-refractivity contribution in [3.8, 4) is 0 Å². The summed E-state index contributed by atoms with van der Waals surface area (Å²) in [5.74, 6) is -1.18. The number of aromatic nitrogens is 1. The number of hydrogen-bond acceptors (Lipinski definition) is 4. The molecule has 0 aromatic carbocycles. The van der Waals surface area contributed by atoms with Gasteiger partial charge in [0.2, 0.25) is 5.91 Å². The maximum atomic E-state index is 12.1. The van der Waals surface area contributed by atoms with Crippen LogP contribution < -0.4 is 5.32 Å². The number of nitrogens with zero attached hydrogens (tertiary/aromatic N) is 1. The molecule has 0 saturated heterocycles. The van der Waals surface area contributed by atoms with Crippen molar-refractivity contribution in [3.05, 3.63) is 46.1 Å². The van der Waals surface area contributed by atoms with Crippen molar-refractivity contribution in [2.45, 2.75) is 25.7 Å². The Morgan fingerprint density at radius 2 is 2.24 bits per heavy atom. The fraction of sp³-hybridized carbons (Fsp3) is 0.267. The van der Waals surface area contributed by atoms with Gasteiger partial charge in [-0.15, -0.1) is 11.3 Å². The molecule has 1 amide bonds. The SMILES string of the molecule is O=C(Cc1cccnc1)Nc1sc2c(c1C(=O)O)CCC2. The first-order valence-corrected chi connectivity index (χ1v) is 7.53. The minimum absolute atomic E-state index is 0.190. The van der Waals surface area contributed by atoms with Crippen LogP contribution in [0.4, 0.5) is 5.00 Å². The first-order valence-electron chi connectivity index (χ1n) is 6.71. The summed E-state index contributed by atoms with van der Waals surface area (Å²) in [6.45, 7) is 0. The Morgan fingerprint density at radius 1 is 1.38 bits per heavy atom. The molecule has 108 valence electrons. The summed E-state index contributed by atoms with van der Waals surface area (Å²) < 4.78 is 0. The third-order valence-corrected chi connectivity index (χ3v) is 4.68. The topological polar surface area (TPSA) is 79.3 Å². The number of rotatable bonds is 4. The Kier molecular flexibility index (Phi) is 3.70. The fourth-order valence-electron chi connectivity index (χ4n) is 2.58. The molecular weight excluding hydrogens is 288 g/mol. The number of aryl methyl sites for hydroxylation is 1. The van der Waals surface area contributed by atoms with Gasteiger partial charge in [-0.25, -0.2) is 4.79 Å². The summed E-state index contributed by atoms with van der Waals surface area (Å²) >= 11 is 1.39. The number of carboxylic acids is 1. The van der Waals surface area contributed by atoms with E-state index in [2.05, 4.69) is 10.3 Å². The molecule has 0 bridgehead atoms. The van der Waals surface area contributed by atoms with Crippen LogP contribution in [0.5, 0.6) is 0 Å². The number of carbonyl (C=O) groups is 2. The number of carbonyl (C=O) groups excluding carboxylic acids is 1. The van der Waals surface area contributed by atoms with Gasteiger partial charge in [-0.1, -0.05) is 6.07 Å². The van der Waals surface area contributed by atoms with Gasteiger partial charge in [-0.3, -0.25) is 9.78 Å². The van der Waals surface area contributed by atoms with Gasteiger partial charge in [0.25, 0.3) is 0 Å². The van der Waals surface area contributed by atoms with E-state index in [0.717, 1.165) is 35.3 Å². The van der Waals surface area contributed by atoms with Crippen LogP contribution in [0.25, 0.3) is 0 Å². The number of pyridine rings is 1. The third-order valence-electron chi connectivity index (χ3n) is 3.48. The van der Waals surface area contributed by atoms with Crippen molar-refractivity contribution in [1.82, 2.24) is 4.98 Å². The molecule has 0 fully saturated rings. The normalized spacial score (nSPS) is 13.0. The average Bonchev–Trinajstić information content (AvgIpc) is 2.99. The van der Waals surface area contributed by atoms with Gasteiger partial charge in [0.1, 0.15) is 5.00 Å². The number of carboxylic acid groups (broad SMARTS) is 1. The van der Waals surface area contributed by atoms with Gasteiger partial charge >= 0.3 is 5.97 Å². The lowest BCUT2D eigenvalue weighted by molar-refractivity contribution is -0.115. The lowest BCUT2D eigenvalue weighted by atomic mass is 10.1. The van der Waals surface area contributed by atoms with Gasteiger partial charge < -0.3 is 10.4 Å². The van der Waals surface area contributed by atoms with Crippen molar-refractivity contribution in [2.75, 3.05) is 5.32 Å². The van der Waals surface area contributed by atoms with Crippen molar-refractivity contribution < 1.29 is 14.7 Å². The Hall–Kier alpha value is -2.21. The fourth-order valence-corrected chi connectivity index (χ4v) is 3.88.